The second-order valence-electron chi connectivity index (χ2n) is 8.03. The first-order valence-electron chi connectivity index (χ1n) is 9.95. The average molecular weight is 408 g/mol. The molecule has 1 aliphatic carbocycles. The van der Waals surface area contributed by atoms with E-state index < -0.39 is 21.8 Å². The van der Waals surface area contributed by atoms with Gasteiger partial charge in [0.2, 0.25) is 10.0 Å². The smallest absolute Gasteiger partial charge is 0.313 e. The van der Waals surface area contributed by atoms with Gasteiger partial charge in [0.15, 0.2) is 0 Å². The lowest BCUT2D eigenvalue weighted by atomic mass is 9.98. The molecule has 2 fully saturated rings. The first-order valence-corrected chi connectivity index (χ1v) is 11.5. The van der Waals surface area contributed by atoms with Gasteiger partial charge in [-0.1, -0.05) is 26.0 Å². The van der Waals surface area contributed by atoms with E-state index in [1.807, 2.05) is 12.1 Å². The number of anilines is 1. The third kappa shape index (κ3) is 5.11. The highest BCUT2D eigenvalue weighted by atomic mass is 32.2. The highest BCUT2D eigenvalue weighted by Gasteiger charge is 2.41. The number of carbonyl (C=O) groups is 2. The van der Waals surface area contributed by atoms with Crippen molar-refractivity contribution in [2.24, 2.45) is 5.92 Å². The molecule has 7 nitrogen and oxygen atoms in total. The highest BCUT2D eigenvalue weighted by molar-refractivity contribution is 7.90. The van der Waals surface area contributed by atoms with Gasteiger partial charge in [-0.25, -0.2) is 12.7 Å². The van der Waals surface area contributed by atoms with Crippen LogP contribution in [0, 0.1) is 5.92 Å². The Kier molecular flexibility index (Phi) is 6.40. The number of nitrogens with one attached hydrogen (secondary N) is 2. The fourth-order valence-electron chi connectivity index (χ4n) is 3.40. The molecule has 0 spiro atoms. The summed E-state index contributed by atoms with van der Waals surface area (Å²) in [5.41, 5.74) is 1.75. The van der Waals surface area contributed by atoms with Crippen LogP contribution in [0.2, 0.25) is 0 Å². The topological polar surface area (TPSA) is 95.6 Å². The van der Waals surface area contributed by atoms with Crippen LogP contribution >= 0.6 is 0 Å². The standard InChI is InChI=1S/C20H29N3O4S/c1-14(2)16-3-5-17(6-4-16)22-20(25)19(24)21-13-15-9-11-23(12-10-15)28(26,27)18-7-8-18/h3-6,14-15,18H,7-13H2,1-2H3,(H,21,24)(H,22,25). The second-order valence-corrected chi connectivity index (χ2v) is 10.2. The van der Waals surface area contributed by atoms with Crippen molar-refractivity contribution in [3.8, 4) is 0 Å². The van der Waals surface area contributed by atoms with E-state index in [-0.39, 0.29) is 11.2 Å². The lowest BCUT2D eigenvalue weighted by Gasteiger charge is -2.31. The molecule has 0 unspecified atom stereocenters. The van der Waals surface area contributed by atoms with Gasteiger partial charge in [-0.2, -0.15) is 0 Å². The molecule has 154 valence electrons. The van der Waals surface area contributed by atoms with E-state index in [1.54, 1.807) is 16.4 Å². The molecule has 2 aliphatic rings. The van der Waals surface area contributed by atoms with Crippen LogP contribution in [0.4, 0.5) is 5.69 Å². The van der Waals surface area contributed by atoms with Crippen LogP contribution in [0.25, 0.3) is 0 Å². The molecule has 0 radical (unpaired) electrons. The summed E-state index contributed by atoms with van der Waals surface area (Å²) < 4.78 is 26.1. The monoisotopic (exact) mass is 407 g/mol. The number of hydrogen-bond donors (Lipinski definition) is 2. The Morgan fingerprint density at radius 3 is 2.18 bits per heavy atom. The number of sulfonamides is 1. The van der Waals surface area contributed by atoms with Crippen molar-refractivity contribution in [2.75, 3.05) is 25.0 Å². The first kappa shape index (κ1) is 20.8. The average Bonchev–Trinajstić information content (AvgIpc) is 3.52. The Morgan fingerprint density at radius 1 is 1.04 bits per heavy atom. The van der Waals surface area contributed by atoms with Crippen molar-refractivity contribution in [2.45, 2.75) is 50.7 Å². The van der Waals surface area contributed by atoms with Gasteiger partial charge < -0.3 is 10.6 Å². The number of piperidine rings is 1. The Labute approximate surface area is 166 Å². The van der Waals surface area contributed by atoms with E-state index in [2.05, 4.69) is 24.5 Å². The summed E-state index contributed by atoms with van der Waals surface area (Å²) in [6.45, 7) is 5.55. The molecule has 28 heavy (non-hydrogen) atoms. The first-order chi connectivity index (χ1) is 13.3. The van der Waals surface area contributed by atoms with Crippen molar-refractivity contribution < 1.29 is 18.0 Å². The fraction of sp³-hybridized carbons (Fsp3) is 0.600. The molecule has 2 N–H and O–H groups in total. The molecule has 3 rings (SSSR count). The highest BCUT2D eigenvalue weighted by Crippen LogP contribution is 2.33. The SMILES string of the molecule is CC(C)c1ccc(NC(=O)C(=O)NCC2CCN(S(=O)(=O)C3CC3)CC2)cc1. The van der Waals surface area contributed by atoms with Crippen molar-refractivity contribution in [1.29, 1.82) is 0 Å². The van der Waals surface area contributed by atoms with Crippen molar-refractivity contribution in [3.63, 3.8) is 0 Å². The summed E-state index contributed by atoms with van der Waals surface area (Å²) in [4.78, 5) is 24.1. The fourth-order valence-corrected chi connectivity index (χ4v) is 5.27. The van der Waals surface area contributed by atoms with E-state index in [4.69, 9.17) is 0 Å². The summed E-state index contributed by atoms with van der Waals surface area (Å²) in [5, 5.41) is 5.10. The van der Waals surface area contributed by atoms with Gasteiger partial charge in [-0.05, 0) is 55.2 Å². The summed E-state index contributed by atoms with van der Waals surface area (Å²) in [7, 11) is -3.12. The zero-order chi connectivity index (χ0) is 20.3. The van der Waals surface area contributed by atoms with Crippen LogP contribution in [-0.2, 0) is 19.6 Å². The summed E-state index contributed by atoms with van der Waals surface area (Å²) in [6, 6.07) is 7.44. The molecular formula is C20H29N3O4S. The second kappa shape index (κ2) is 8.61. The van der Waals surface area contributed by atoms with Gasteiger partial charge in [-0.3, -0.25) is 9.59 Å². The minimum absolute atomic E-state index is 0.179. The van der Waals surface area contributed by atoms with Gasteiger partial charge in [0.25, 0.3) is 0 Å². The minimum Gasteiger partial charge on any atom is -0.348 e. The van der Waals surface area contributed by atoms with Crippen molar-refractivity contribution in [1.82, 2.24) is 9.62 Å². The Balaban J connectivity index is 1.41. The van der Waals surface area contributed by atoms with Crippen LogP contribution in [-0.4, -0.2) is 49.4 Å². The van der Waals surface area contributed by atoms with Gasteiger partial charge >= 0.3 is 11.8 Å². The molecule has 0 atom stereocenters. The van der Waals surface area contributed by atoms with E-state index in [0.717, 1.165) is 18.4 Å². The third-order valence-corrected chi connectivity index (χ3v) is 7.87. The van der Waals surface area contributed by atoms with Crippen LogP contribution < -0.4 is 10.6 Å². The number of nitrogens with zero attached hydrogens (tertiary/aromatic N) is 1. The Hall–Kier alpha value is -1.93. The number of amides is 2. The Bertz CT molecular complexity index is 808. The molecule has 1 aromatic carbocycles. The molecular weight excluding hydrogens is 378 g/mol. The third-order valence-electron chi connectivity index (χ3n) is 5.47. The minimum atomic E-state index is -3.12. The maximum absolute atomic E-state index is 12.2. The van der Waals surface area contributed by atoms with Crippen LogP contribution in [0.1, 0.15) is 51.0 Å². The molecule has 1 saturated heterocycles. The predicted molar refractivity (Wildman–Crippen MR) is 108 cm³/mol. The van der Waals surface area contributed by atoms with Crippen molar-refractivity contribution >= 4 is 27.5 Å². The zero-order valence-corrected chi connectivity index (χ0v) is 17.3. The van der Waals surface area contributed by atoms with Gasteiger partial charge in [0.05, 0.1) is 5.25 Å². The summed E-state index contributed by atoms with van der Waals surface area (Å²) in [5.74, 6) is -0.765. The molecule has 1 saturated carbocycles. The number of carbonyl (C=O) groups excluding carboxylic acids is 2. The molecule has 8 heteroatoms. The molecule has 1 aliphatic heterocycles. The molecule has 0 aromatic heterocycles. The molecule has 0 bridgehead atoms. The van der Waals surface area contributed by atoms with Crippen LogP contribution in [0.15, 0.2) is 24.3 Å². The van der Waals surface area contributed by atoms with Crippen molar-refractivity contribution in [3.05, 3.63) is 29.8 Å². The van der Waals surface area contributed by atoms with Gasteiger partial charge in [0.1, 0.15) is 0 Å². The molecule has 1 heterocycles. The van der Waals surface area contributed by atoms with Crippen LogP contribution in [0.3, 0.4) is 0 Å². The maximum atomic E-state index is 12.2. The number of rotatable bonds is 6. The summed E-state index contributed by atoms with van der Waals surface area (Å²) >= 11 is 0. The zero-order valence-electron chi connectivity index (χ0n) is 16.5. The number of benzene rings is 1. The quantitative estimate of drug-likeness (QED) is 0.706. The van der Waals surface area contributed by atoms with E-state index in [1.165, 1.54) is 0 Å². The Morgan fingerprint density at radius 2 is 1.64 bits per heavy atom. The number of hydrogen-bond acceptors (Lipinski definition) is 4. The lowest BCUT2D eigenvalue weighted by Crippen LogP contribution is -2.44. The normalized spacial score (nSPS) is 18.8. The molecule has 1 aromatic rings. The predicted octanol–water partition coefficient (Wildman–Crippen LogP) is 2.07. The van der Waals surface area contributed by atoms with Gasteiger partial charge in [0, 0.05) is 25.3 Å². The summed E-state index contributed by atoms with van der Waals surface area (Å²) in [6.07, 6.45) is 2.94. The largest absolute Gasteiger partial charge is 0.348 e. The van der Waals surface area contributed by atoms with E-state index >= 15 is 0 Å². The maximum Gasteiger partial charge on any atom is 0.313 e. The van der Waals surface area contributed by atoms with Gasteiger partial charge in [-0.15, -0.1) is 0 Å². The van der Waals surface area contributed by atoms with Crippen LogP contribution in [0.5, 0.6) is 0 Å². The molecule has 2 amide bonds. The van der Waals surface area contributed by atoms with E-state index in [0.29, 0.717) is 44.1 Å². The van der Waals surface area contributed by atoms with E-state index in [9.17, 15) is 18.0 Å². The lowest BCUT2D eigenvalue weighted by molar-refractivity contribution is -0.136.